The number of nitrogens with zero attached hydrogens (tertiary/aromatic N) is 1. The van der Waals surface area contributed by atoms with E-state index in [1.165, 1.54) is 0 Å². The Morgan fingerprint density at radius 2 is 1.93 bits per heavy atom. The van der Waals surface area contributed by atoms with Crippen molar-refractivity contribution in [1.29, 1.82) is 0 Å². The summed E-state index contributed by atoms with van der Waals surface area (Å²) in [4.78, 5) is 24.2. The highest BCUT2D eigenvalue weighted by molar-refractivity contribution is 5.79. The molecule has 0 aliphatic heterocycles. The van der Waals surface area contributed by atoms with Crippen LogP contribution in [-0.2, 0) is 9.53 Å². The van der Waals surface area contributed by atoms with Crippen molar-refractivity contribution in [3.05, 3.63) is 0 Å². The van der Waals surface area contributed by atoms with Gasteiger partial charge in [0, 0.05) is 25.9 Å². The monoisotopic (exact) mass is 213 g/mol. The minimum atomic E-state index is -0.288. The van der Waals surface area contributed by atoms with Gasteiger partial charge in [0.15, 0.2) is 0 Å². The molecule has 15 heavy (non-hydrogen) atoms. The number of hydrogen-bond donors (Lipinski definition) is 0. The molecule has 1 rings (SSSR count). The highest BCUT2D eigenvalue weighted by Crippen LogP contribution is 2.20. The van der Waals surface area contributed by atoms with Crippen molar-refractivity contribution >= 4 is 11.9 Å². The van der Waals surface area contributed by atoms with Gasteiger partial charge in [-0.1, -0.05) is 0 Å². The van der Waals surface area contributed by atoms with Crippen molar-refractivity contribution in [1.82, 2.24) is 4.90 Å². The van der Waals surface area contributed by atoms with Gasteiger partial charge in [-0.05, 0) is 26.7 Å². The highest BCUT2D eigenvalue weighted by Gasteiger charge is 2.26. The molecule has 1 aliphatic rings. The smallest absolute Gasteiger partial charge is 0.410 e. The van der Waals surface area contributed by atoms with Crippen LogP contribution in [0.3, 0.4) is 0 Å². The van der Waals surface area contributed by atoms with E-state index in [1.54, 1.807) is 11.9 Å². The van der Waals surface area contributed by atoms with E-state index in [0.717, 1.165) is 12.8 Å². The Kier molecular flexibility index (Phi) is 4.12. The molecule has 0 unspecified atom stereocenters. The summed E-state index contributed by atoms with van der Waals surface area (Å²) in [5.74, 6) is 0.303. The number of Topliss-reactive ketones (excluding diaryl/α,β-unsaturated/α-hetero) is 1. The van der Waals surface area contributed by atoms with Crippen molar-refractivity contribution in [2.24, 2.45) is 0 Å². The summed E-state index contributed by atoms with van der Waals surface area (Å²) >= 11 is 0. The van der Waals surface area contributed by atoms with Gasteiger partial charge in [-0.15, -0.1) is 0 Å². The highest BCUT2D eigenvalue weighted by atomic mass is 16.6. The second-order valence-electron chi connectivity index (χ2n) is 4.31. The van der Waals surface area contributed by atoms with Crippen LogP contribution in [0, 0.1) is 0 Å². The quantitative estimate of drug-likeness (QED) is 0.704. The molecule has 0 radical (unpaired) electrons. The van der Waals surface area contributed by atoms with Crippen molar-refractivity contribution in [2.75, 3.05) is 7.05 Å². The summed E-state index contributed by atoms with van der Waals surface area (Å²) < 4.78 is 5.09. The van der Waals surface area contributed by atoms with Crippen LogP contribution in [0.1, 0.15) is 39.5 Å². The topological polar surface area (TPSA) is 46.6 Å². The van der Waals surface area contributed by atoms with Crippen LogP contribution in [0.25, 0.3) is 0 Å². The fourth-order valence-corrected chi connectivity index (χ4v) is 1.75. The predicted molar refractivity (Wildman–Crippen MR) is 56.6 cm³/mol. The number of amides is 1. The molecule has 0 N–H and O–H groups in total. The lowest BCUT2D eigenvalue weighted by atomic mass is 9.94. The molecule has 0 aromatic carbocycles. The zero-order valence-electron chi connectivity index (χ0n) is 9.66. The number of carbonyl (C=O) groups is 2. The lowest BCUT2D eigenvalue weighted by Crippen LogP contribution is -2.40. The third kappa shape index (κ3) is 3.53. The Balaban J connectivity index is 2.42. The second kappa shape index (κ2) is 5.14. The van der Waals surface area contributed by atoms with E-state index in [2.05, 4.69) is 0 Å². The van der Waals surface area contributed by atoms with Crippen LogP contribution in [0.2, 0.25) is 0 Å². The maximum atomic E-state index is 11.6. The molecule has 1 saturated carbocycles. The second-order valence-corrected chi connectivity index (χ2v) is 4.31. The van der Waals surface area contributed by atoms with Crippen LogP contribution >= 0.6 is 0 Å². The number of carbonyl (C=O) groups excluding carboxylic acids is 2. The van der Waals surface area contributed by atoms with E-state index >= 15 is 0 Å². The first-order chi connectivity index (χ1) is 7.00. The predicted octanol–water partition coefficient (Wildman–Crippen LogP) is 1.97. The average molecular weight is 213 g/mol. The number of rotatable bonds is 2. The third-order valence-electron chi connectivity index (χ3n) is 2.69. The van der Waals surface area contributed by atoms with Gasteiger partial charge in [-0.2, -0.15) is 0 Å². The van der Waals surface area contributed by atoms with Gasteiger partial charge in [-0.25, -0.2) is 4.79 Å². The Morgan fingerprint density at radius 3 is 2.40 bits per heavy atom. The Bertz CT molecular complexity index is 240. The molecule has 0 aromatic rings. The molecule has 1 aliphatic carbocycles. The normalized spacial score (nSPS) is 18.0. The lowest BCUT2D eigenvalue weighted by molar-refractivity contribution is -0.121. The molecule has 0 spiro atoms. The molecule has 1 amide bonds. The zero-order valence-corrected chi connectivity index (χ0v) is 9.66. The van der Waals surface area contributed by atoms with Crippen LogP contribution in [0.15, 0.2) is 0 Å². The summed E-state index contributed by atoms with van der Waals surface area (Å²) in [6.45, 7) is 3.66. The molecule has 4 nitrogen and oxygen atoms in total. The van der Waals surface area contributed by atoms with Crippen molar-refractivity contribution in [3.63, 3.8) is 0 Å². The summed E-state index contributed by atoms with van der Waals surface area (Å²) in [6, 6.07) is 0.161. The number of hydrogen-bond acceptors (Lipinski definition) is 3. The van der Waals surface area contributed by atoms with E-state index in [4.69, 9.17) is 4.74 Å². The molecule has 4 heteroatoms. The standard InChI is InChI=1S/C11H19NO3/c1-8(2)15-11(14)12(3)9-4-6-10(13)7-5-9/h8-9H,4-7H2,1-3H3. The van der Waals surface area contributed by atoms with Crippen molar-refractivity contribution in [2.45, 2.75) is 51.7 Å². The lowest BCUT2D eigenvalue weighted by Gasteiger charge is -2.30. The fraction of sp³-hybridized carbons (Fsp3) is 0.818. The van der Waals surface area contributed by atoms with Gasteiger partial charge in [0.2, 0.25) is 0 Å². The summed E-state index contributed by atoms with van der Waals surface area (Å²) in [5, 5.41) is 0. The average Bonchev–Trinajstić information content (AvgIpc) is 2.17. The van der Waals surface area contributed by atoms with Gasteiger partial charge in [0.25, 0.3) is 0 Å². The third-order valence-corrected chi connectivity index (χ3v) is 2.69. The summed E-state index contributed by atoms with van der Waals surface area (Å²) in [7, 11) is 1.74. The molecule has 1 fully saturated rings. The molecule has 0 bridgehead atoms. The van der Waals surface area contributed by atoms with E-state index in [0.29, 0.717) is 18.6 Å². The number of ketones is 1. The minimum Gasteiger partial charge on any atom is -0.447 e. The summed E-state index contributed by atoms with van der Waals surface area (Å²) in [5.41, 5.74) is 0. The molecule has 86 valence electrons. The Labute approximate surface area is 90.6 Å². The van der Waals surface area contributed by atoms with E-state index < -0.39 is 0 Å². The molecule has 0 saturated heterocycles. The minimum absolute atomic E-state index is 0.0924. The van der Waals surface area contributed by atoms with Gasteiger partial charge in [-0.3, -0.25) is 4.79 Å². The Hall–Kier alpha value is -1.06. The molecule has 0 aromatic heterocycles. The van der Waals surface area contributed by atoms with Crippen LogP contribution < -0.4 is 0 Å². The maximum Gasteiger partial charge on any atom is 0.410 e. The summed E-state index contributed by atoms with van der Waals surface area (Å²) in [6.07, 6.45) is 2.33. The SMILES string of the molecule is CC(C)OC(=O)N(C)C1CCC(=O)CC1. The van der Waals surface area contributed by atoms with Crippen LogP contribution in [-0.4, -0.2) is 36.0 Å². The zero-order chi connectivity index (χ0) is 11.4. The first kappa shape index (κ1) is 12.0. The first-order valence-electron chi connectivity index (χ1n) is 5.46. The molecule has 0 heterocycles. The fourth-order valence-electron chi connectivity index (χ4n) is 1.75. The van der Waals surface area contributed by atoms with E-state index in [-0.39, 0.29) is 18.2 Å². The van der Waals surface area contributed by atoms with Gasteiger partial charge in [0.05, 0.1) is 6.10 Å². The number of ether oxygens (including phenoxy) is 1. The molecule has 0 atom stereocenters. The van der Waals surface area contributed by atoms with Gasteiger partial charge < -0.3 is 9.64 Å². The van der Waals surface area contributed by atoms with Gasteiger partial charge >= 0.3 is 6.09 Å². The Morgan fingerprint density at radius 1 is 1.40 bits per heavy atom. The first-order valence-corrected chi connectivity index (χ1v) is 5.46. The maximum absolute atomic E-state index is 11.6. The van der Waals surface area contributed by atoms with Gasteiger partial charge in [0.1, 0.15) is 5.78 Å². The largest absolute Gasteiger partial charge is 0.447 e. The molecular formula is C11H19NO3. The van der Waals surface area contributed by atoms with E-state index in [9.17, 15) is 9.59 Å². The van der Waals surface area contributed by atoms with Crippen LogP contribution in [0.4, 0.5) is 4.79 Å². The van der Waals surface area contributed by atoms with Crippen molar-refractivity contribution in [3.8, 4) is 0 Å². The van der Waals surface area contributed by atoms with Crippen LogP contribution in [0.5, 0.6) is 0 Å². The van der Waals surface area contributed by atoms with Crippen molar-refractivity contribution < 1.29 is 14.3 Å². The molecular weight excluding hydrogens is 194 g/mol. The van der Waals surface area contributed by atoms with E-state index in [1.807, 2.05) is 13.8 Å².